The van der Waals surface area contributed by atoms with Gasteiger partial charge in [0.05, 0.1) is 7.11 Å². The van der Waals surface area contributed by atoms with Crippen molar-refractivity contribution in [2.45, 2.75) is 51.0 Å². The van der Waals surface area contributed by atoms with Gasteiger partial charge in [-0.2, -0.15) is 0 Å². The fourth-order valence-electron chi connectivity index (χ4n) is 2.63. The number of hydrogen-bond donors (Lipinski definition) is 1. The van der Waals surface area contributed by atoms with Gasteiger partial charge in [-0.15, -0.1) is 0 Å². The highest BCUT2D eigenvalue weighted by molar-refractivity contribution is 5.32. The van der Waals surface area contributed by atoms with Crippen LogP contribution in [0.2, 0.25) is 0 Å². The van der Waals surface area contributed by atoms with Crippen molar-refractivity contribution in [3.05, 3.63) is 29.8 Å². The van der Waals surface area contributed by atoms with E-state index >= 15 is 0 Å². The van der Waals surface area contributed by atoms with Crippen LogP contribution in [0.15, 0.2) is 24.3 Å². The highest BCUT2D eigenvalue weighted by atomic mass is 16.5. The number of nitrogens with one attached hydrogen (secondary N) is 1. The standard InChI is InChI=1S/C16H25NO/c1-3-4-5-9-17-15-10-14(11-15)13-7-6-8-16(12-13)18-2/h6-8,12,14-15,17H,3-5,9-11H2,1-2H3. The summed E-state index contributed by atoms with van der Waals surface area (Å²) in [6, 6.07) is 9.25. The molecule has 0 spiro atoms. The van der Waals surface area contributed by atoms with Crippen LogP contribution in [0.3, 0.4) is 0 Å². The van der Waals surface area contributed by atoms with Gasteiger partial charge in [0.1, 0.15) is 5.75 Å². The average Bonchev–Trinajstić information content (AvgIpc) is 2.36. The molecule has 0 radical (unpaired) electrons. The van der Waals surface area contributed by atoms with Crippen LogP contribution in [0.1, 0.15) is 50.5 Å². The van der Waals surface area contributed by atoms with Crippen LogP contribution >= 0.6 is 0 Å². The third-order valence-corrected chi connectivity index (χ3v) is 3.92. The lowest BCUT2D eigenvalue weighted by Crippen LogP contribution is -2.40. The summed E-state index contributed by atoms with van der Waals surface area (Å²) in [5.41, 5.74) is 1.43. The van der Waals surface area contributed by atoms with Crippen LogP contribution in [0.5, 0.6) is 5.75 Å². The van der Waals surface area contributed by atoms with Gasteiger partial charge in [-0.3, -0.25) is 0 Å². The third kappa shape index (κ3) is 3.49. The molecule has 2 heteroatoms. The first-order valence-electron chi connectivity index (χ1n) is 7.20. The van der Waals surface area contributed by atoms with Crippen molar-refractivity contribution in [1.29, 1.82) is 0 Å². The molecule has 1 aromatic carbocycles. The van der Waals surface area contributed by atoms with E-state index in [1.807, 2.05) is 6.07 Å². The first-order chi connectivity index (χ1) is 8.83. The number of rotatable bonds is 7. The quantitative estimate of drug-likeness (QED) is 0.741. The smallest absolute Gasteiger partial charge is 0.119 e. The Balaban J connectivity index is 1.71. The summed E-state index contributed by atoms with van der Waals surface area (Å²) >= 11 is 0. The van der Waals surface area contributed by atoms with E-state index < -0.39 is 0 Å². The minimum Gasteiger partial charge on any atom is -0.497 e. The van der Waals surface area contributed by atoms with Gasteiger partial charge < -0.3 is 10.1 Å². The van der Waals surface area contributed by atoms with Gasteiger partial charge in [0.2, 0.25) is 0 Å². The summed E-state index contributed by atoms with van der Waals surface area (Å²) in [5, 5.41) is 3.65. The van der Waals surface area contributed by atoms with Crippen LogP contribution in [0, 0.1) is 0 Å². The highest BCUT2D eigenvalue weighted by Crippen LogP contribution is 2.37. The van der Waals surface area contributed by atoms with Gasteiger partial charge in [0.15, 0.2) is 0 Å². The molecule has 0 saturated heterocycles. The Morgan fingerprint density at radius 3 is 2.83 bits per heavy atom. The van der Waals surface area contributed by atoms with E-state index in [2.05, 4.69) is 30.4 Å². The van der Waals surface area contributed by atoms with E-state index in [0.717, 1.165) is 17.7 Å². The van der Waals surface area contributed by atoms with Gasteiger partial charge in [0, 0.05) is 6.04 Å². The van der Waals surface area contributed by atoms with Crippen LogP contribution in [-0.2, 0) is 0 Å². The Hall–Kier alpha value is -1.02. The molecule has 1 aliphatic carbocycles. The number of benzene rings is 1. The summed E-state index contributed by atoms with van der Waals surface area (Å²) in [6.45, 7) is 3.44. The predicted molar refractivity (Wildman–Crippen MR) is 76.3 cm³/mol. The second-order valence-electron chi connectivity index (χ2n) is 5.30. The molecule has 1 N–H and O–H groups in total. The van der Waals surface area contributed by atoms with Gasteiger partial charge in [-0.25, -0.2) is 0 Å². The van der Waals surface area contributed by atoms with E-state index in [1.54, 1.807) is 7.11 Å². The fourth-order valence-corrected chi connectivity index (χ4v) is 2.63. The Kier molecular flexibility index (Phi) is 5.06. The summed E-state index contributed by atoms with van der Waals surface area (Å²) < 4.78 is 5.28. The zero-order valence-corrected chi connectivity index (χ0v) is 11.6. The molecule has 0 aromatic heterocycles. The van der Waals surface area contributed by atoms with Crippen LogP contribution in [0.25, 0.3) is 0 Å². The SMILES string of the molecule is CCCCCNC1CC(c2cccc(OC)c2)C1. The molecule has 1 fully saturated rings. The molecule has 0 heterocycles. The minimum absolute atomic E-state index is 0.726. The lowest BCUT2D eigenvalue weighted by atomic mass is 9.76. The Morgan fingerprint density at radius 1 is 1.28 bits per heavy atom. The largest absolute Gasteiger partial charge is 0.497 e. The van der Waals surface area contributed by atoms with Crippen LogP contribution < -0.4 is 10.1 Å². The molecule has 18 heavy (non-hydrogen) atoms. The minimum atomic E-state index is 0.726. The van der Waals surface area contributed by atoms with Gasteiger partial charge >= 0.3 is 0 Å². The maximum atomic E-state index is 5.28. The summed E-state index contributed by atoms with van der Waals surface area (Å²) in [5.74, 6) is 1.70. The zero-order chi connectivity index (χ0) is 12.8. The molecule has 2 rings (SSSR count). The molecule has 1 aromatic rings. The molecule has 1 saturated carbocycles. The number of methoxy groups -OCH3 is 1. The van der Waals surface area contributed by atoms with E-state index in [9.17, 15) is 0 Å². The first kappa shape index (κ1) is 13.4. The summed E-state index contributed by atoms with van der Waals surface area (Å²) in [6.07, 6.45) is 6.52. The number of ether oxygens (including phenoxy) is 1. The monoisotopic (exact) mass is 247 g/mol. The third-order valence-electron chi connectivity index (χ3n) is 3.92. The van der Waals surface area contributed by atoms with Crippen LogP contribution in [-0.4, -0.2) is 19.7 Å². The number of unbranched alkanes of at least 4 members (excludes halogenated alkanes) is 2. The fraction of sp³-hybridized carbons (Fsp3) is 0.625. The number of hydrogen-bond acceptors (Lipinski definition) is 2. The molecule has 0 atom stereocenters. The van der Waals surface area contributed by atoms with E-state index in [0.29, 0.717) is 0 Å². The zero-order valence-electron chi connectivity index (χ0n) is 11.6. The molecule has 0 unspecified atom stereocenters. The van der Waals surface area contributed by atoms with Crippen molar-refractivity contribution in [2.75, 3.05) is 13.7 Å². The van der Waals surface area contributed by atoms with Crippen molar-refractivity contribution in [3.63, 3.8) is 0 Å². The lowest BCUT2D eigenvalue weighted by Gasteiger charge is -2.36. The highest BCUT2D eigenvalue weighted by Gasteiger charge is 2.29. The van der Waals surface area contributed by atoms with Crippen molar-refractivity contribution in [3.8, 4) is 5.75 Å². The lowest BCUT2D eigenvalue weighted by molar-refractivity contribution is 0.289. The molecule has 2 nitrogen and oxygen atoms in total. The maximum absolute atomic E-state index is 5.28. The second-order valence-corrected chi connectivity index (χ2v) is 5.30. The molecule has 0 aliphatic heterocycles. The molecule has 1 aliphatic rings. The molecular formula is C16H25NO. The van der Waals surface area contributed by atoms with Crippen molar-refractivity contribution >= 4 is 0 Å². The van der Waals surface area contributed by atoms with E-state index in [-0.39, 0.29) is 0 Å². The molecule has 0 amide bonds. The van der Waals surface area contributed by atoms with Crippen molar-refractivity contribution < 1.29 is 4.74 Å². The van der Waals surface area contributed by atoms with E-state index in [1.165, 1.54) is 44.2 Å². The molecule has 100 valence electrons. The summed E-state index contributed by atoms with van der Waals surface area (Å²) in [7, 11) is 1.73. The van der Waals surface area contributed by atoms with Gasteiger partial charge in [0.25, 0.3) is 0 Å². The maximum Gasteiger partial charge on any atom is 0.119 e. The van der Waals surface area contributed by atoms with Crippen LogP contribution in [0.4, 0.5) is 0 Å². The average molecular weight is 247 g/mol. The first-order valence-corrected chi connectivity index (χ1v) is 7.20. The Bertz CT molecular complexity index is 358. The van der Waals surface area contributed by atoms with Gasteiger partial charge in [-0.05, 0) is 49.4 Å². The Morgan fingerprint density at radius 2 is 2.11 bits per heavy atom. The van der Waals surface area contributed by atoms with Crippen molar-refractivity contribution in [2.24, 2.45) is 0 Å². The van der Waals surface area contributed by atoms with Gasteiger partial charge in [-0.1, -0.05) is 31.9 Å². The molecular weight excluding hydrogens is 222 g/mol. The second kappa shape index (κ2) is 6.79. The summed E-state index contributed by atoms with van der Waals surface area (Å²) in [4.78, 5) is 0. The molecule has 0 bridgehead atoms. The topological polar surface area (TPSA) is 21.3 Å². The predicted octanol–water partition coefficient (Wildman–Crippen LogP) is 3.72. The van der Waals surface area contributed by atoms with Crippen molar-refractivity contribution in [1.82, 2.24) is 5.32 Å². The Labute approximate surface area is 111 Å². The van der Waals surface area contributed by atoms with E-state index in [4.69, 9.17) is 4.74 Å². The normalized spacial score (nSPS) is 22.6.